The third-order valence-electron chi connectivity index (χ3n) is 7.04. The summed E-state index contributed by atoms with van der Waals surface area (Å²) in [5, 5.41) is 2.86. The number of sulfonamides is 1. The second-order valence-electron chi connectivity index (χ2n) is 9.85. The van der Waals surface area contributed by atoms with Gasteiger partial charge in [0.25, 0.3) is 0 Å². The lowest BCUT2D eigenvalue weighted by Gasteiger charge is -2.40. The SMILES string of the molecule is COc1ccc(S(=O)(=O)N2CCN(c3cc(-c4cc(NC(=O)C5CC5)ncc4C)cc(=O)[nH]3)[C@@H](C)C2)cc1. The molecule has 1 amide bonds. The number of pyridine rings is 2. The molecule has 1 aliphatic carbocycles. The van der Waals surface area contributed by atoms with Gasteiger partial charge < -0.3 is 19.9 Å². The van der Waals surface area contributed by atoms with E-state index < -0.39 is 10.0 Å². The number of hydrogen-bond donors (Lipinski definition) is 2. The standard InChI is InChI=1S/C27H31N5O5S/c1-17-15-28-24(29-27(34)19-4-5-19)14-23(17)20-12-25(30-26(33)13-20)32-11-10-31(16-18(32)2)38(35,36)22-8-6-21(37-3)7-9-22/h6-9,12-15,18-19H,4-5,10-11,16H2,1-3H3,(H,30,33)(H,28,29,34)/t18-/m0/s1. The monoisotopic (exact) mass is 537 g/mol. The Morgan fingerprint density at radius 1 is 1.13 bits per heavy atom. The van der Waals surface area contributed by atoms with E-state index in [1.165, 1.54) is 17.5 Å². The van der Waals surface area contributed by atoms with Crippen molar-refractivity contribution in [2.45, 2.75) is 37.6 Å². The summed E-state index contributed by atoms with van der Waals surface area (Å²) in [6.45, 7) is 4.79. The number of carbonyl (C=O) groups is 1. The highest BCUT2D eigenvalue weighted by Gasteiger charge is 2.33. The molecule has 11 heteroatoms. The van der Waals surface area contributed by atoms with Crippen molar-refractivity contribution in [3.05, 3.63) is 64.6 Å². The predicted octanol–water partition coefficient (Wildman–Crippen LogP) is 3.00. The molecule has 38 heavy (non-hydrogen) atoms. The summed E-state index contributed by atoms with van der Waals surface area (Å²) in [6.07, 6.45) is 3.48. The van der Waals surface area contributed by atoms with Crippen LogP contribution in [-0.4, -0.2) is 61.4 Å². The molecular formula is C27H31N5O5S. The number of piperazine rings is 1. The number of anilines is 2. The first-order valence-electron chi connectivity index (χ1n) is 12.6. The number of aromatic nitrogens is 2. The van der Waals surface area contributed by atoms with Crippen LogP contribution in [-0.2, 0) is 14.8 Å². The first kappa shape index (κ1) is 25.9. The van der Waals surface area contributed by atoms with Gasteiger partial charge in [-0.2, -0.15) is 4.31 Å². The zero-order valence-electron chi connectivity index (χ0n) is 21.6. The zero-order chi connectivity index (χ0) is 27.0. The van der Waals surface area contributed by atoms with Crippen LogP contribution in [0.2, 0.25) is 0 Å². The van der Waals surface area contributed by atoms with E-state index in [0.717, 1.165) is 24.0 Å². The Morgan fingerprint density at radius 3 is 2.53 bits per heavy atom. The van der Waals surface area contributed by atoms with Crippen LogP contribution >= 0.6 is 0 Å². The molecule has 0 unspecified atom stereocenters. The van der Waals surface area contributed by atoms with Gasteiger partial charge in [0.15, 0.2) is 0 Å². The van der Waals surface area contributed by atoms with Gasteiger partial charge >= 0.3 is 0 Å². The van der Waals surface area contributed by atoms with Crippen LogP contribution in [0.1, 0.15) is 25.3 Å². The van der Waals surface area contributed by atoms with Crippen LogP contribution in [0.3, 0.4) is 0 Å². The first-order chi connectivity index (χ1) is 18.2. The van der Waals surface area contributed by atoms with E-state index in [1.54, 1.807) is 36.5 Å². The fraction of sp³-hybridized carbons (Fsp3) is 0.370. The average Bonchev–Trinajstić information content (AvgIpc) is 3.75. The second-order valence-corrected chi connectivity index (χ2v) is 11.8. The summed E-state index contributed by atoms with van der Waals surface area (Å²) in [5.41, 5.74) is 2.10. The van der Waals surface area contributed by atoms with Crippen LogP contribution in [0.15, 0.2) is 58.4 Å². The second kappa shape index (κ2) is 10.2. The molecule has 2 aliphatic rings. The number of benzene rings is 1. The molecular weight excluding hydrogens is 506 g/mol. The smallest absolute Gasteiger partial charge is 0.250 e. The fourth-order valence-corrected chi connectivity index (χ4v) is 6.23. The van der Waals surface area contributed by atoms with E-state index in [0.29, 0.717) is 29.5 Å². The molecule has 1 aliphatic heterocycles. The number of amides is 1. The van der Waals surface area contributed by atoms with Crippen molar-refractivity contribution in [3.63, 3.8) is 0 Å². The van der Waals surface area contributed by atoms with Crippen LogP contribution in [0.4, 0.5) is 11.6 Å². The number of ether oxygens (including phenoxy) is 1. The molecule has 2 N–H and O–H groups in total. The minimum absolute atomic E-state index is 0.0322. The maximum absolute atomic E-state index is 13.2. The lowest BCUT2D eigenvalue weighted by Crippen LogP contribution is -2.54. The maximum Gasteiger partial charge on any atom is 0.250 e. The molecule has 2 fully saturated rings. The molecule has 5 rings (SSSR count). The molecule has 3 aromatic rings. The molecule has 2 aromatic heterocycles. The Morgan fingerprint density at radius 2 is 1.87 bits per heavy atom. The topological polar surface area (TPSA) is 125 Å². The fourth-order valence-electron chi connectivity index (χ4n) is 4.71. The van der Waals surface area contributed by atoms with Gasteiger partial charge in [-0.15, -0.1) is 0 Å². The summed E-state index contributed by atoms with van der Waals surface area (Å²) in [7, 11) is -2.14. The molecule has 3 heterocycles. The summed E-state index contributed by atoms with van der Waals surface area (Å²) in [6, 6.07) is 11.4. The Labute approximate surface area is 221 Å². The van der Waals surface area contributed by atoms with E-state index in [4.69, 9.17) is 4.74 Å². The van der Waals surface area contributed by atoms with Crippen molar-refractivity contribution < 1.29 is 17.9 Å². The van der Waals surface area contributed by atoms with E-state index in [1.807, 2.05) is 24.8 Å². The van der Waals surface area contributed by atoms with Gasteiger partial charge in [0.1, 0.15) is 17.4 Å². The molecule has 1 aromatic carbocycles. The Kier molecular flexibility index (Phi) is 6.97. The molecule has 0 radical (unpaired) electrons. The number of nitrogens with one attached hydrogen (secondary N) is 2. The molecule has 1 saturated heterocycles. The van der Waals surface area contributed by atoms with E-state index >= 15 is 0 Å². The first-order valence-corrected chi connectivity index (χ1v) is 14.0. The summed E-state index contributed by atoms with van der Waals surface area (Å²) < 4.78 is 33.1. The van der Waals surface area contributed by atoms with Crippen LogP contribution in [0.25, 0.3) is 11.1 Å². The van der Waals surface area contributed by atoms with Crippen molar-refractivity contribution >= 4 is 27.6 Å². The summed E-state index contributed by atoms with van der Waals surface area (Å²) >= 11 is 0. The van der Waals surface area contributed by atoms with E-state index in [2.05, 4.69) is 15.3 Å². The Bertz CT molecular complexity index is 1520. The van der Waals surface area contributed by atoms with Crippen molar-refractivity contribution in [3.8, 4) is 16.9 Å². The van der Waals surface area contributed by atoms with Gasteiger partial charge in [-0.1, -0.05) is 0 Å². The van der Waals surface area contributed by atoms with Crippen molar-refractivity contribution in [1.82, 2.24) is 14.3 Å². The molecule has 1 atom stereocenters. The number of rotatable bonds is 7. The highest BCUT2D eigenvalue weighted by Crippen LogP contribution is 2.32. The van der Waals surface area contributed by atoms with Gasteiger partial charge in [-0.3, -0.25) is 9.59 Å². The van der Waals surface area contributed by atoms with E-state index in [-0.39, 0.29) is 41.4 Å². The number of hydrogen-bond acceptors (Lipinski definition) is 7. The predicted molar refractivity (Wildman–Crippen MR) is 145 cm³/mol. The van der Waals surface area contributed by atoms with Gasteiger partial charge in [0.2, 0.25) is 21.5 Å². The van der Waals surface area contributed by atoms with Crippen LogP contribution in [0, 0.1) is 12.8 Å². The Hall–Kier alpha value is -3.70. The quantitative estimate of drug-likeness (QED) is 0.475. The number of carbonyl (C=O) groups excluding carboxylic acids is 1. The third-order valence-corrected chi connectivity index (χ3v) is 8.92. The molecule has 200 valence electrons. The van der Waals surface area contributed by atoms with Crippen molar-refractivity contribution in [1.29, 1.82) is 0 Å². The minimum Gasteiger partial charge on any atom is -0.497 e. The van der Waals surface area contributed by atoms with Gasteiger partial charge in [0.05, 0.1) is 12.0 Å². The number of H-pyrrole nitrogens is 1. The van der Waals surface area contributed by atoms with Crippen molar-refractivity contribution in [2.75, 3.05) is 37.0 Å². The van der Waals surface area contributed by atoms with Gasteiger partial charge in [0, 0.05) is 43.9 Å². The molecule has 1 saturated carbocycles. The summed E-state index contributed by atoms with van der Waals surface area (Å²) in [5.74, 6) is 1.68. The molecule has 0 spiro atoms. The lowest BCUT2D eigenvalue weighted by molar-refractivity contribution is -0.117. The van der Waals surface area contributed by atoms with E-state index in [9.17, 15) is 18.0 Å². The number of methoxy groups -OCH3 is 1. The van der Waals surface area contributed by atoms with Crippen LogP contribution < -0.4 is 20.5 Å². The minimum atomic E-state index is -3.67. The number of aromatic amines is 1. The van der Waals surface area contributed by atoms with Crippen LogP contribution in [0.5, 0.6) is 5.75 Å². The third kappa shape index (κ3) is 5.30. The lowest BCUT2D eigenvalue weighted by atomic mass is 10.0. The number of aryl methyl sites for hydroxylation is 1. The van der Waals surface area contributed by atoms with Gasteiger partial charge in [-0.05, 0) is 79.8 Å². The number of nitrogens with zero attached hydrogens (tertiary/aromatic N) is 3. The zero-order valence-corrected chi connectivity index (χ0v) is 22.4. The normalized spacial score (nSPS) is 18.3. The largest absolute Gasteiger partial charge is 0.497 e. The van der Waals surface area contributed by atoms with Crippen molar-refractivity contribution in [2.24, 2.45) is 5.92 Å². The summed E-state index contributed by atoms with van der Waals surface area (Å²) in [4.78, 5) is 34.4. The van der Waals surface area contributed by atoms with Gasteiger partial charge in [-0.25, -0.2) is 13.4 Å². The Balaban J connectivity index is 1.37. The average molecular weight is 538 g/mol. The molecule has 0 bridgehead atoms. The maximum atomic E-state index is 13.2. The highest BCUT2D eigenvalue weighted by atomic mass is 32.2. The highest BCUT2D eigenvalue weighted by molar-refractivity contribution is 7.89. The molecule has 10 nitrogen and oxygen atoms in total.